The molecular formula is C31H38ClN3O4S. The number of nitrogens with zero attached hydrogens (tertiary/aromatic N) is 2. The molecule has 0 saturated carbocycles. The summed E-state index contributed by atoms with van der Waals surface area (Å²) in [4.78, 5) is 29.3. The molecule has 1 atom stereocenters. The molecule has 3 aromatic carbocycles. The average molecular weight is 584 g/mol. The monoisotopic (exact) mass is 583 g/mol. The summed E-state index contributed by atoms with van der Waals surface area (Å²) in [6, 6.07) is 21.2. The summed E-state index contributed by atoms with van der Waals surface area (Å²) in [5.41, 5.74) is 3.46. The van der Waals surface area contributed by atoms with Crippen LogP contribution in [-0.2, 0) is 32.6 Å². The number of carbonyl (C=O) groups is 2. The number of benzene rings is 3. The molecule has 0 bridgehead atoms. The second-order valence-corrected chi connectivity index (χ2v) is 12.3. The Bertz CT molecular complexity index is 1390. The molecule has 0 spiro atoms. The SMILES string of the molecule is CCCCNC(=O)[C@@H](Cc1ccccc1)N(Cc1ccccc1Cl)C(=O)CN(c1c(C)cccc1C)S(C)(=O)=O. The molecule has 214 valence electrons. The van der Waals surface area contributed by atoms with Crippen LogP contribution in [0.4, 0.5) is 5.69 Å². The van der Waals surface area contributed by atoms with Gasteiger partial charge in [-0.3, -0.25) is 13.9 Å². The van der Waals surface area contributed by atoms with Crippen LogP contribution >= 0.6 is 11.6 Å². The van der Waals surface area contributed by atoms with Crippen LogP contribution in [0.25, 0.3) is 0 Å². The van der Waals surface area contributed by atoms with Crippen molar-refractivity contribution in [3.63, 3.8) is 0 Å². The number of halogens is 1. The number of anilines is 1. The summed E-state index contributed by atoms with van der Waals surface area (Å²) in [6.07, 6.45) is 3.06. The smallest absolute Gasteiger partial charge is 0.244 e. The Labute approximate surface area is 243 Å². The van der Waals surface area contributed by atoms with Gasteiger partial charge in [0.05, 0.1) is 11.9 Å². The molecule has 0 heterocycles. The number of amides is 2. The number of unbranched alkanes of at least 4 members (excludes halogenated alkanes) is 1. The summed E-state index contributed by atoms with van der Waals surface area (Å²) in [5, 5.41) is 3.43. The second kappa shape index (κ2) is 14.3. The van der Waals surface area contributed by atoms with E-state index < -0.39 is 28.5 Å². The zero-order valence-electron chi connectivity index (χ0n) is 23.6. The Balaban J connectivity index is 2.08. The lowest BCUT2D eigenvalue weighted by Crippen LogP contribution is -2.53. The fraction of sp³-hybridized carbons (Fsp3) is 0.355. The summed E-state index contributed by atoms with van der Waals surface area (Å²) in [6.45, 7) is 5.72. The van der Waals surface area contributed by atoms with Gasteiger partial charge in [-0.25, -0.2) is 8.42 Å². The number of rotatable bonds is 13. The van der Waals surface area contributed by atoms with Crippen molar-refractivity contribution in [2.75, 3.05) is 23.7 Å². The summed E-state index contributed by atoms with van der Waals surface area (Å²) in [7, 11) is -3.84. The predicted octanol–water partition coefficient (Wildman–Crippen LogP) is 5.28. The largest absolute Gasteiger partial charge is 0.354 e. The maximum absolute atomic E-state index is 14.2. The normalized spacial score (nSPS) is 12.0. The first-order valence-electron chi connectivity index (χ1n) is 13.4. The topological polar surface area (TPSA) is 86.8 Å². The number of hydrogen-bond donors (Lipinski definition) is 1. The summed E-state index contributed by atoms with van der Waals surface area (Å²) < 4.78 is 27.2. The molecule has 0 aliphatic rings. The molecule has 3 rings (SSSR count). The quantitative estimate of drug-likeness (QED) is 0.277. The van der Waals surface area contributed by atoms with E-state index in [1.54, 1.807) is 18.2 Å². The summed E-state index contributed by atoms with van der Waals surface area (Å²) >= 11 is 6.49. The van der Waals surface area contributed by atoms with Crippen molar-refractivity contribution in [2.45, 2.75) is 52.6 Å². The molecule has 0 radical (unpaired) electrons. The Kier molecular flexibility index (Phi) is 11.2. The lowest BCUT2D eigenvalue weighted by atomic mass is 10.0. The Morgan fingerprint density at radius 1 is 0.925 bits per heavy atom. The fourth-order valence-electron chi connectivity index (χ4n) is 4.65. The molecule has 40 heavy (non-hydrogen) atoms. The van der Waals surface area contributed by atoms with Gasteiger partial charge in [-0.05, 0) is 48.6 Å². The highest BCUT2D eigenvalue weighted by molar-refractivity contribution is 7.92. The maximum Gasteiger partial charge on any atom is 0.244 e. The lowest BCUT2D eigenvalue weighted by Gasteiger charge is -2.34. The van der Waals surface area contributed by atoms with Crippen molar-refractivity contribution in [3.8, 4) is 0 Å². The molecule has 0 aromatic heterocycles. The number of hydrogen-bond acceptors (Lipinski definition) is 4. The van der Waals surface area contributed by atoms with E-state index in [1.807, 2.05) is 75.4 Å². The highest BCUT2D eigenvalue weighted by atomic mass is 35.5. The van der Waals surface area contributed by atoms with E-state index in [0.717, 1.165) is 40.1 Å². The Hall–Kier alpha value is -3.36. The van der Waals surface area contributed by atoms with Gasteiger partial charge < -0.3 is 10.2 Å². The second-order valence-electron chi connectivity index (χ2n) is 9.97. The van der Waals surface area contributed by atoms with Crippen molar-refractivity contribution in [2.24, 2.45) is 0 Å². The molecule has 0 aliphatic heterocycles. The lowest BCUT2D eigenvalue weighted by molar-refractivity contribution is -0.140. The van der Waals surface area contributed by atoms with Crippen LogP contribution in [-0.4, -0.2) is 50.5 Å². The molecule has 0 fully saturated rings. The van der Waals surface area contributed by atoms with E-state index in [9.17, 15) is 18.0 Å². The van der Waals surface area contributed by atoms with E-state index >= 15 is 0 Å². The molecule has 0 unspecified atom stereocenters. The van der Waals surface area contributed by atoms with Crippen molar-refractivity contribution in [3.05, 3.63) is 100 Å². The summed E-state index contributed by atoms with van der Waals surface area (Å²) in [5.74, 6) is -0.796. The van der Waals surface area contributed by atoms with Crippen LogP contribution in [0.1, 0.15) is 42.0 Å². The van der Waals surface area contributed by atoms with E-state index in [4.69, 9.17) is 11.6 Å². The molecule has 2 amide bonds. The molecule has 7 nitrogen and oxygen atoms in total. The minimum absolute atomic E-state index is 0.0432. The number of aryl methyl sites for hydroxylation is 2. The first-order chi connectivity index (χ1) is 19.0. The minimum atomic E-state index is -3.84. The fourth-order valence-corrected chi connectivity index (χ4v) is 5.81. The molecule has 3 aromatic rings. The van der Waals surface area contributed by atoms with Gasteiger partial charge in [-0.15, -0.1) is 0 Å². The van der Waals surface area contributed by atoms with E-state index in [-0.39, 0.29) is 18.9 Å². The van der Waals surface area contributed by atoms with Crippen molar-refractivity contribution in [1.29, 1.82) is 0 Å². The highest BCUT2D eigenvalue weighted by Crippen LogP contribution is 2.28. The van der Waals surface area contributed by atoms with Gasteiger partial charge in [0, 0.05) is 24.5 Å². The van der Waals surface area contributed by atoms with Crippen LogP contribution < -0.4 is 9.62 Å². The van der Waals surface area contributed by atoms with E-state index in [2.05, 4.69) is 5.32 Å². The number of sulfonamides is 1. The van der Waals surface area contributed by atoms with Crippen LogP contribution in [0.3, 0.4) is 0 Å². The third kappa shape index (κ3) is 8.32. The highest BCUT2D eigenvalue weighted by Gasteiger charge is 2.33. The number of para-hydroxylation sites is 1. The Morgan fingerprint density at radius 2 is 1.55 bits per heavy atom. The van der Waals surface area contributed by atoms with Gasteiger partial charge in [0.1, 0.15) is 12.6 Å². The molecule has 1 N–H and O–H groups in total. The van der Waals surface area contributed by atoms with Crippen LogP contribution in [0.15, 0.2) is 72.8 Å². The van der Waals surface area contributed by atoms with Crippen LogP contribution in [0, 0.1) is 13.8 Å². The molecular weight excluding hydrogens is 546 g/mol. The third-order valence-corrected chi connectivity index (χ3v) is 8.25. The number of nitrogens with one attached hydrogen (secondary N) is 1. The van der Waals surface area contributed by atoms with Gasteiger partial charge in [0.15, 0.2) is 0 Å². The maximum atomic E-state index is 14.2. The zero-order valence-corrected chi connectivity index (χ0v) is 25.1. The zero-order chi connectivity index (χ0) is 29.3. The van der Waals surface area contributed by atoms with Crippen molar-refractivity contribution >= 4 is 39.1 Å². The van der Waals surface area contributed by atoms with Crippen molar-refractivity contribution < 1.29 is 18.0 Å². The van der Waals surface area contributed by atoms with Crippen LogP contribution in [0.2, 0.25) is 5.02 Å². The van der Waals surface area contributed by atoms with Gasteiger partial charge in [-0.2, -0.15) is 0 Å². The first-order valence-corrected chi connectivity index (χ1v) is 15.6. The first kappa shape index (κ1) is 31.2. The molecule has 9 heteroatoms. The van der Waals surface area contributed by atoms with E-state index in [1.165, 1.54) is 4.90 Å². The third-order valence-electron chi connectivity index (χ3n) is 6.77. The van der Waals surface area contributed by atoms with Crippen LogP contribution in [0.5, 0.6) is 0 Å². The minimum Gasteiger partial charge on any atom is -0.354 e. The van der Waals surface area contributed by atoms with Gasteiger partial charge in [0.2, 0.25) is 21.8 Å². The van der Waals surface area contributed by atoms with E-state index in [0.29, 0.717) is 22.8 Å². The Morgan fingerprint density at radius 3 is 2.15 bits per heavy atom. The average Bonchev–Trinajstić information content (AvgIpc) is 2.91. The predicted molar refractivity (Wildman–Crippen MR) is 162 cm³/mol. The standard InChI is InChI=1S/C31H38ClN3O4S/c1-5-6-19-33-31(37)28(20-25-15-8-7-9-16-25)34(21-26-17-10-11-18-27(26)32)29(36)22-35(40(4,38)39)30-23(2)13-12-14-24(30)3/h7-18,28H,5-6,19-22H2,1-4H3,(H,33,37)/t28-/m1/s1. The number of carbonyl (C=O) groups excluding carboxylic acids is 2. The molecule has 0 aliphatic carbocycles. The van der Waals surface area contributed by atoms with Gasteiger partial charge >= 0.3 is 0 Å². The van der Waals surface area contributed by atoms with Crippen molar-refractivity contribution in [1.82, 2.24) is 10.2 Å². The van der Waals surface area contributed by atoms with Gasteiger partial charge in [0.25, 0.3) is 0 Å². The van der Waals surface area contributed by atoms with Gasteiger partial charge in [-0.1, -0.05) is 91.7 Å². The molecule has 0 saturated heterocycles.